The number of nitrogens with one attached hydrogen (secondary N) is 2. The molecule has 0 spiro atoms. The Labute approximate surface area is 121 Å². The summed E-state index contributed by atoms with van der Waals surface area (Å²) in [6.45, 7) is 6.02. The van der Waals surface area contributed by atoms with E-state index < -0.39 is 0 Å². The largest absolute Gasteiger partial charge is 0.326 e. The van der Waals surface area contributed by atoms with Gasteiger partial charge in [-0.2, -0.15) is 0 Å². The standard InChI is InChI=1S/C17H24N2O/c1-12-6-7-15(9-13(12)2)19-16(20)17-8-4-3-5-14(17)10-18-11-17/h6-7,9,14,18H,3-5,8,10-11H2,1-2H3,(H,19,20)/t14-,17+/m0/s1. The summed E-state index contributed by atoms with van der Waals surface area (Å²) in [6, 6.07) is 6.16. The summed E-state index contributed by atoms with van der Waals surface area (Å²) >= 11 is 0. The Bertz CT molecular complexity index is 526. The predicted octanol–water partition coefficient (Wildman–Crippen LogP) is 3.02. The van der Waals surface area contributed by atoms with Crippen LogP contribution in [0.5, 0.6) is 0 Å². The first-order chi connectivity index (χ1) is 9.62. The van der Waals surface area contributed by atoms with Crippen LogP contribution in [0.15, 0.2) is 18.2 Å². The van der Waals surface area contributed by atoms with Crippen molar-refractivity contribution in [3.63, 3.8) is 0 Å². The second kappa shape index (κ2) is 5.21. The monoisotopic (exact) mass is 272 g/mol. The number of carbonyl (C=O) groups excluding carboxylic acids is 1. The van der Waals surface area contributed by atoms with E-state index in [-0.39, 0.29) is 11.3 Å². The molecular weight excluding hydrogens is 248 g/mol. The van der Waals surface area contributed by atoms with Crippen LogP contribution < -0.4 is 10.6 Å². The number of amides is 1. The van der Waals surface area contributed by atoms with Crippen molar-refractivity contribution in [3.05, 3.63) is 29.3 Å². The van der Waals surface area contributed by atoms with Crippen LogP contribution in [0.1, 0.15) is 36.8 Å². The van der Waals surface area contributed by atoms with Crippen LogP contribution in [0.4, 0.5) is 5.69 Å². The SMILES string of the molecule is Cc1ccc(NC(=O)[C@@]23CCCC[C@H]2CNC3)cc1C. The summed E-state index contributed by atoms with van der Waals surface area (Å²) in [6.07, 6.45) is 4.66. The van der Waals surface area contributed by atoms with Crippen molar-refractivity contribution >= 4 is 11.6 Å². The van der Waals surface area contributed by atoms with Gasteiger partial charge in [-0.25, -0.2) is 0 Å². The fraction of sp³-hybridized carbons (Fsp3) is 0.588. The van der Waals surface area contributed by atoms with Gasteiger partial charge in [0, 0.05) is 12.2 Å². The predicted molar refractivity (Wildman–Crippen MR) is 81.8 cm³/mol. The fourth-order valence-corrected chi connectivity index (χ4v) is 3.77. The zero-order valence-electron chi connectivity index (χ0n) is 12.5. The molecule has 1 heterocycles. The summed E-state index contributed by atoms with van der Waals surface area (Å²) in [7, 11) is 0. The molecule has 1 amide bonds. The molecule has 1 saturated carbocycles. The fourth-order valence-electron chi connectivity index (χ4n) is 3.77. The topological polar surface area (TPSA) is 41.1 Å². The van der Waals surface area contributed by atoms with Crippen LogP contribution in [-0.2, 0) is 4.79 Å². The molecule has 1 aliphatic carbocycles. The highest BCUT2D eigenvalue weighted by atomic mass is 16.2. The van der Waals surface area contributed by atoms with Crippen LogP contribution >= 0.6 is 0 Å². The van der Waals surface area contributed by atoms with E-state index in [1.807, 2.05) is 6.07 Å². The first-order valence-electron chi connectivity index (χ1n) is 7.71. The van der Waals surface area contributed by atoms with Gasteiger partial charge in [-0.3, -0.25) is 4.79 Å². The van der Waals surface area contributed by atoms with Crippen molar-refractivity contribution in [2.75, 3.05) is 18.4 Å². The van der Waals surface area contributed by atoms with Crippen molar-refractivity contribution in [1.29, 1.82) is 0 Å². The van der Waals surface area contributed by atoms with E-state index in [0.717, 1.165) is 25.2 Å². The lowest BCUT2D eigenvalue weighted by Crippen LogP contribution is -2.44. The van der Waals surface area contributed by atoms with Gasteiger partial charge in [0.15, 0.2) is 0 Å². The second-order valence-electron chi connectivity index (χ2n) is 6.48. The molecule has 3 rings (SSSR count). The Hall–Kier alpha value is -1.35. The average Bonchev–Trinajstić information content (AvgIpc) is 2.88. The Morgan fingerprint density at radius 2 is 2.15 bits per heavy atom. The number of hydrogen-bond acceptors (Lipinski definition) is 2. The second-order valence-corrected chi connectivity index (χ2v) is 6.48. The highest BCUT2D eigenvalue weighted by molar-refractivity contribution is 5.96. The minimum Gasteiger partial charge on any atom is -0.326 e. The van der Waals surface area contributed by atoms with Crippen LogP contribution in [0.25, 0.3) is 0 Å². The zero-order valence-corrected chi connectivity index (χ0v) is 12.5. The van der Waals surface area contributed by atoms with Crippen molar-refractivity contribution in [2.24, 2.45) is 11.3 Å². The number of anilines is 1. The smallest absolute Gasteiger partial charge is 0.232 e. The molecule has 0 unspecified atom stereocenters. The lowest BCUT2D eigenvalue weighted by atomic mass is 9.67. The molecule has 2 atom stereocenters. The van der Waals surface area contributed by atoms with Gasteiger partial charge in [0.05, 0.1) is 5.41 Å². The Balaban J connectivity index is 1.79. The van der Waals surface area contributed by atoms with Crippen molar-refractivity contribution in [2.45, 2.75) is 39.5 Å². The van der Waals surface area contributed by atoms with Gasteiger partial charge < -0.3 is 10.6 Å². The molecule has 0 aromatic heterocycles. The molecule has 3 nitrogen and oxygen atoms in total. The Kier molecular flexibility index (Phi) is 3.55. The third-order valence-corrected chi connectivity index (χ3v) is 5.26. The summed E-state index contributed by atoms with van der Waals surface area (Å²) in [5, 5.41) is 6.59. The minimum absolute atomic E-state index is 0.170. The molecule has 1 aromatic rings. The molecule has 1 aromatic carbocycles. The molecule has 1 saturated heterocycles. The number of hydrogen-bond donors (Lipinski definition) is 2. The third-order valence-electron chi connectivity index (χ3n) is 5.26. The van der Waals surface area contributed by atoms with Gasteiger partial charge in [-0.1, -0.05) is 18.9 Å². The van der Waals surface area contributed by atoms with Crippen LogP contribution in [0.2, 0.25) is 0 Å². The molecule has 2 N–H and O–H groups in total. The van der Waals surface area contributed by atoms with Gasteiger partial charge in [-0.15, -0.1) is 0 Å². The molecule has 0 bridgehead atoms. The molecule has 20 heavy (non-hydrogen) atoms. The summed E-state index contributed by atoms with van der Waals surface area (Å²) in [4.78, 5) is 12.8. The van der Waals surface area contributed by atoms with Crippen LogP contribution in [0, 0.1) is 25.2 Å². The first kappa shape index (κ1) is 13.6. The summed E-state index contributed by atoms with van der Waals surface area (Å²) in [5.41, 5.74) is 3.25. The van der Waals surface area contributed by atoms with Gasteiger partial charge in [0.25, 0.3) is 0 Å². The van der Waals surface area contributed by atoms with Crippen LogP contribution in [-0.4, -0.2) is 19.0 Å². The molecule has 3 heteroatoms. The number of aryl methyl sites for hydroxylation is 2. The number of rotatable bonds is 2. The van der Waals surface area contributed by atoms with E-state index in [1.165, 1.54) is 30.4 Å². The lowest BCUT2D eigenvalue weighted by molar-refractivity contribution is -0.128. The van der Waals surface area contributed by atoms with Crippen molar-refractivity contribution in [3.8, 4) is 0 Å². The minimum atomic E-state index is -0.170. The summed E-state index contributed by atoms with van der Waals surface area (Å²) in [5.74, 6) is 0.734. The number of fused-ring (bicyclic) bond motifs is 1. The van der Waals surface area contributed by atoms with Gasteiger partial charge in [0.2, 0.25) is 5.91 Å². The molecule has 2 aliphatic rings. The zero-order chi connectivity index (χ0) is 14.2. The molecule has 1 aliphatic heterocycles. The van der Waals surface area contributed by atoms with E-state index in [4.69, 9.17) is 0 Å². The maximum absolute atomic E-state index is 12.8. The van der Waals surface area contributed by atoms with E-state index in [2.05, 4.69) is 36.6 Å². The number of carbonyl (C=O) groups is 1. The molecule has 2 fully saturated rings. The van der Waals surface area contributed by atoms with Gasteiger partial charge in [0.1, 0.15) is 0 Å². The molecule has 108 valence electrons. The Morgan fingerprint density at radius 3 is 2.95 bits per heavy atom. The van der Waals surface area contributed by atoms with E-state index in [0.29, 0.717) is 5.92 Å². The number of benzene rings is 1. The maximum atomic E-state index is 12.8. The highest BCUT2D eigenvalue weighted by Crippen LogP contribution is 2.44. The third kappa shape index (κ3) is 2.24. The lowest BCUT2D eigenvalue weighted by Gasteiger charge is -2.37. The Morgan fingerprint density at radius 1 is 1.30 bits per heavy atom. The van der Waals surface area contributed by atoms with Gasteiger partial charge >= 0.3 is 0 Å². The maximum Gasteiger partial charge on any atom is 0.232 e. The van der Waals surface area contributed by atoms with Crippen molar-refractivity contribution in [1.82, 2.24) is 5.32 Å². The summed E-state index contributed by atoms with van der Waals surface area (Å²) < 4.78 is 0. The molecule has 0 radical (unpaired) electrons. The first-order valence-corrected chi connectivity index (χ1v) is 7.71. The van der Waals surface area contributed by atoms with Crippen molar-refractivity contribution < 1.29 is 4.79 Å². The average molecular weight is 272 g/mol. The molecular formula is C17H24N2O. The van der Waals surface area contributed by atoms with E-state index >= 15 is 0 Å². The van der Waals surface area contributed by atoms with E-state index in [9.17, 15) is 4.79 Å². The van der Waals surface area contributed by atoms with E-state index in [1.54, 1.807) is 0 Å². The normalized spacial score (nSPS) is 29.0. The highest BCUT2D eigenvalue weighted by Gasteiger charge is 2.49. The van der Waals surface area contributed by atoms with Gasteiger partial charge in [-0.05, 0) is 62.4 Å². The quantitative estimate of drug-likeness (QED) is 0.869. The van der Waals surface area contributed by atoms with Crippen LogP contribution in [0.3, 0.4) is 0 Å².